The molecule has 0 unspecified atom stereocenters. The molecule has 1 aliphatic heterocycles. The van der Waals surface area contributed by atoms with E-state index in [-0.39, 0.29) is 5.78 Å². The van der Waals surface area contributed by atoms with Gasteiger partial charge in [0.15, 0.2) is 5.78 Å². The zero-order valence-corrected chi connectivity index (χ0v) is 11.2. The van der Waals surface area contributed by atoms with E-state index in [2.05, 4.69) is 4.90 Å². The summed E-state index contributed by atoms with van der Waals surface area (Å²) in [4.78, 5) is 14.0. The normalized spacial score (nSPS) is 15.8. The molecule has 0 aliphatic carbocycles. The summed E-state index contributed by atoms with van der Waals surface area (Å²) >= 11 is 6.28. The van der Waals surface area contributed by atoms with E-state index in [1.54, 1.807) is 6.07 Å². The zero-order valence-electron chi connectivity index (χ0n) is 10.5. The second kappa shape index (κ2) is 6.21. The number of anilines is 1. The van der Waals surface area contributed by atoms with Gasteiger partial charge in [0, 0.05) is 25.1 Å². The molecule has 98 valence electrons. The number of hydrogen-bond acceptors (Lipinski definition) is 3. The van der Waals surface area contributed by atoms with Crippen LogP contribution in [0.5, 0.6) is 0 Å². The third-order valence-electron chi connectivity index (χ3n) is 3.34. The predicted octanol–water partition coefficient (Wildman–Crippen LogP) is 2.86. The van der Waals surface area contributed by atoms with Crippen LogP contribution in [0.2, 0.25) is 5.02 Å². The molecule has 0 amide bonds. The molecule has 0 bridgehead atoms. The molecule has 4 heteroatoms. The second-order valence-electron chi connectivity index (χ2n) is 4.68. The molecule has 1 aromatic rings. The summed E-state index contributed by atoms with van der Waals surface area (Å²) in [5.74, 6) is 0.0598. The number of hydrogen-bond donors (Lipinski definition) is 1. The number of ketones is 1. The smallest absolute Gasteiger partial charge is 0.164 e. The standard InChI is InChI=1S/C14H19ClN2O/c15-12-10-11(14(18)6-7-16)4-5-13(12)17-8-2-1-3-9-17/h4-5,10H,1-3,6-9,16H2. The molecule has 2 N–H and O–H groups in total. The lowest BCUT2D eigenvalue weighted by Crippen LogP contribution is -2.29. The fraction of sp³-hybridized carbons (Fsp3) is 0.500. The van der Waals surface area contributed by atoms with Gasteiger partial charge in [-0.2, -0.15) is 0 Å². The number of rotatable bonds is 4. The van der Waals surface area contributed by atoms with Crippen LogP contribution >= 0.6 is 11.6 Å². The van der Waals surface area contributed by atoms with E-state index in [9.17, 15) is 4.79 Å². The summed E-state index contributed by atoms with van der Waals surface area (Å²) < 4.78 is 0. The van der Waals surface area contributed by atoms with Crippen LogP contribution in [-0.2, 0) is 0 Å². The third-order valence-corrected chi connectivity index (χ3v) is 3.64. The highest BCUT2D eigenvalue weighted by atomic mass is 35.5. The fourth-order valence-electron chi connectivity index (χ4n) is 2.35. The van der Waals surface area contributed by atoms with Gasteiger partial charge in [-0.05, 0) is 44.0 Å². The zero-order chi connectivity index (χ0) is 13.0. The quantitative estimate of drug-likeness (QED) is 0.853. The lowest BCUT2D eigenvalue weighted by Gasteiger charge is -2.29. The van der Waals surface area contributed by atoms with Crippen LogP contribution in [0.15, 0.2) is 18.2 Å². The van der Waals surface area contributed by atoms with Gasteiger partial charge in [-0.1, -0.05) is 11.6 Å². The Bertz CT molecular complexity index is 428. The highest BCUT2D eigenvalue weighted by Gasteiger charge is 2.15. The van der Waals surface area contributed by atoms with Crippen LogP contribution in [-0.4, -0.2) is 25.4 Å². The van der Waals surface area contributed by atoms with Gasteiger partial charge < -0.3 is 10.6 Å². The highest BCUT2D eigenvalue weighted by molar-refractivity contribution is 6.33. The first-order chi connectivity index (χ1) is 8.72. The fourth-order valence-corrected chi connectivity index (χ4v) is 2.65. The van der Waals surface area contributed by atoms with Crippen LogP contribution in [0.1, 0.15) is 36.0 Å². The molecule has 0 radical (unpaired) electrons. The van der Waals surface area contributed by atoms with Crippen LogP contribution in [0.4, 0.5) is 5.69 Å². The first-order valence-corrected chi connectivity index (χ1v) is 6.88. The van der Waals surface area contributed by atoms with Crippen LogP contribution < -0.4 is 10.6 Å². The number of carbonyl (C=O) groups excluding carboxylic acids is 1. The maximum atomic E-state index is 11.7. The molecule has 18 heavy (non-hydrogen) atoms. The van der Waals surface area contributed by atoms with E-state index in [1.807, 2.05) is 12.1 Å². The summed E-state index contributed by atoms with van der Waals surface area (Å²) in [6, 6.07) is 5.58. The Morgan fingerprint density at radius 2 is 2.00 bits per heavy atom. The summed E-state index contributed by atoms with van der Waals surface area (Å²) in [6.45, 7) is 2.48. The molecule has 1 heterocycles. The SMILES string of the molecule is NCCC(=O)c1ccc(N2CCCCC2)c(Cl)c1. The predicted molar refractivity (Wildman–Crippen MR) is 75.5 cm³/mol. The second-order valence-corrected chi connectivity index (χ2v) is 5.08. The Labute approximate surface area is 113 Å². The molecule has 3 nitrogen and oxygen atoms in total. The topological polar surface area (TPSA) is 46.3 Å². The maximum Gasteiger partial charge on any atom is 0.164 e. The van der Waals surface area contributed by atoms with Crippen molar-refractivity contribution < 1.29 is 4.79 Å². The van der Waals surface area contributed by atoms with Crippen molar-refractivity contribution in [3.8, 4) is 0 Å². The lowest BCUT2D eigenvalue weighted by molar-refractivity contribution is 0.0985. The number of nitrogens with zero attached hydrogens (tertiary/aromatic N) is 1. The van der Waals surface area contributed by atoms with Gasteiger partial charge in [0.25, 0.3) is 0 Å². The summed E-state index contributed by atoms with van der Waals surface area (Å²) in [5, 5.41) is 0.666. The molecule has 1 aromatic carbocycles. The first-order valence-electron chi connectivity index (χ1n) is 6.50. The van der Waals surface area contributed by atoms with Crippen molar-refractivity contribution in [3.05, 3.63) is 28.8 Å². The Morgan fingerprint density at radius 3 is 2.61 bits per heavy atom. The largest absolute Gasteiger partial charge is 0.370 e. The van der Waals surface area contributed by atoms with Gasteiger partial charge >= 0.3 is 0 Å². The number of piperidine rings is 1. The minimum atomic E-state index is 0.0598. The van der Waals surface area contributed by atoms with E-state index in [0.717, 1.165) is 18.8 Å². The average molecular weight is 267 g/mol. The van der Waals surface area contributed by atoms with Crippen molar-refractivity contribution in [1.82, 2.24) is 0 Å². The number of halogens is 1. The monoisotopic (exact) mass is 266 g/mol. The molecule has 0 aromatic heterocycles. The number of Topliss-reactive ketones (excluding diaryl/α,β-unsaturated/α-hetero) is 1. The van der Waals surface area contributed by atoms with E-state index < -0.39 is 0 Å². The van der Waals surface area contributed by atoms with Crippen LogP contribution in [0, 0.1) is 0 Å². The van der Waals surface area contributed by atoms with Gasteiger partial charge in [0.05, 0.1) is 10.7 Å². The minimum Gasteiger partial charge on any atom is -0.370 e. The Hall–Kier alpha value is -1.06. The van der Waals surface area contributed by atoms with Crippen molar-refractivity contribution in [2.24, 2.45) is 5.73 Å². The van der Waals surface area contributed by atoms with Crippen molar-refractivity contribution in [1.29, 1.82) is 0 Å². The summed E-state index contributed by atoms with van der Waals surface area (Å²) in [7, 11) is 0. The molecule has 2 rings (SSSR count). The van der Waals surface area contributed by atoms with Crippen molar-refractivity contribution in [2.75, 3.05) is 24.5 Å². The van der Waals surface area contributed by atoms with Crippen LogP contribution in [0.3, 0.4) is 0 Å². The molecule has 1 fully saturated rings. The first kappa shape index (κ1) is 13.4. The van der Waals surface area contributed by atoms with Crippen LogP contribution in [0.25, 0.3) is 0 Å². The molecule has 0 saturated carbocycles. The molecule has 1 saturated heterocycles. The van der Waals surface area contributed by atoms with Crippen molar-refractivity contribution in [2.45, 2.75) is 25.7 Å². The lowest BCUT2D eigenvalue weighted by atomic mass is 10.1. The van der Waals surface area contributed by atoms with Gasteiger partial charge in [0.1, 0.15) is 0 Å². The molecular formula is C14H19ClN2O. The highest BCUT2D eigenvalue weighted by Crippen LogP contribution is 2.29. The number of nitrogens with two attached hydrogens (primary N) is 1. The molecule has 0 atom stereocenters. The summed E-state index contributed by atoms with van der Waals surface area (Å²) in [6.07, 6.45) is 4.09. The van der Waals surface area contributed by atoms with Gasteiger partial charge in [-0.3, -0.25) is 4.79 Å². The summed E-state index contributed by atoms with van der Waals surface area (Å²) in [5.41, 5.74) is 7.09. The van der Waals surface area contributed by atoms with Gasteiger partial charge in [0.2, 0.25) is 0 Å². The molecule has 1 aliphatic rings. The van der Waals surface area contributed by atoms with Crippen molar-refractivity contribution in [3.63, 3.8) is 0 Å². The molecular weight excluding hydrogens is 248 g/mol. The minimum absolute atomic E-state index is 0.0598. The molecule has 0 spiro atoms. The number of benzene rings is 1. The van der Waals surface area contributed by atoms with E-state index in [0.29, 0.717) is 23.6 Å². The Balaban J connectivity index is 2.16. The van der Waals surface area contributed by atoms with Gasteiger partial charge in [-0.25, -0.2) is 0 Å². The van der Waals surface area contributed by atoms with E-state index >= 15 is 0 Å². The number of carbonyl (C=O) groups is 1. The van der Waals surface area contributed by atoms with E-state index in [4.69, 9.17) is 17.3 Å². The Morgan fingerprint density at radius 1 is 1.28 bits per heavy atom. The average Bonchev–Trinajstić information content (AvgIpc) is 2.40. The Kier molecular flexibility index (Phi) is 4.61. The van der Waals surface area contributed by atoms with Gasteiger partial charge in [-0.15, -0.1) is 0 Å². The van der Waals surface area contributed by atoms with E-state index in [1.165, 1.54) is 19.3 Å². The third kappa shape index (κ3) is 3.03. The maximum absolute atomic E-state index is 11.7. The van der Waals surface area contributed by atoms with Crippen molar-refractivity contribution >= 4 is 23.1 Å².